The number of aromatic nitrogens is 3. The van der Waals surface area contributed by atoms with Crippen molar-refractivity contribution in [2.24, 2.45) is 0 Å². The summed E-state index contributed by atoms with van der Waals surface area (Å²) < 4.78 is 2.25. The van der Waals surface area contributed by atoms with Gasteiger partial charge in [-0.3, -0.25) is 0 Å². The highest BCUT2D eigenvalue weighted by Crippen LogP contribution is 2.32. The summed E-state index contributed by atoms with van der Waals surface area (Å²) in [6, 6.07) is 0.206. The molecular weight excluding hydrogens is 240 g/mol. The molecule has 3 heterocycles. The van der Waals surface area contributed by atoms with E-state index in [0.717, 1.165) is 50.5 Å². The van der Waals surface area contributed by atoms with E-state index in [2.05, 4.69) is 26.6 Å². The number of piperidine rings is 1. The van der Waals surface area contributed by atoms with Crippen LogP contribution in [0.4, 0.5) is 0 Å². The fourth-order valence-electron chi connectivity index (χ4n) is 3.49. The van der Waals surface area contributed by atoms with Crippen LogP contribution in [0.3, 0.4) is 0 Å². The molecule has 1 aromatic rings. The van der Waals surface area contributed by atoms with E-state index in [9.17, 15) is 5.11 Å². The van der Waals surface area contributed by atoms with Crippen molar-refractivity contribution < 1.29 is 5.11 Å². The van der Waals surface area contributed by atoms with E-state index >= 15 is 0 Å². The molecule has 19 heavy (non-hydrogen) atoms. The van der Waals surface area contributed by atoms with Crippen LogP contribution in [0.15, 0.2) is 0 Å². The molecule has 106 valence electrons. The SMILES string of the molecule is CCN1CCC(c2nnc3n2C(CO)CCC3)CC1. The van der Waals surface area contributed by atoms with E-state index in [1.807, 2.05) is 0 Å². The van der Waals surface area contributed by atoms with Gasteiger partial charge in [-0.25, -0.2) is 0 Å². The van der Waals surface area contributed by atoms with Crippen LogP contribution in [-0.2, 0) is 6.42 Å². The minimum Gasteiger partial charge on any atom is -0.394 e. The molecule has 2 aliphatic heterocycles. The Morgan fingerprint density at radius 2 is 2.00 bits per heavy atom. The predicted octanol–water partition coefficient (Wildman–Crippen LogP) is 1.35. The van der Waals surface area contributed by atoms with Crippen molar-refractivity contribution in [2.75, 3.05) is 26.2 Å². The lowest BCUT2D eigenvalue weighted by Crippen LogP contribution is -2.34. The molecule has 5 nitrogen and oxygen atoms in total. The van der Waals surface area contributed by atoms with E-state index < -0.39 is 0 Å². The average molecular weight is 264 g/mol. The van der Waals surface area contributed by atoms with Crippen LogP contribution in [0.1, 0.15) is 56.2 Å². The van der Waals surface area contributed by atoms with Crippen molar-refractivity contribution in [3.63, 3.8) is 0 Å². The summed E-state index contributed by atoms with van der Waals surface area (Å²) in [5.41, 5.74) is 0. The van der Waals surface area contributed by atoms with Crippen molar-refractivity contribution in [3.8, 4) is 0 Å². The van der Waals surface area contributed by atoms with Gasteiger partial charge < -0.3 is 14.6 Å². The Balaban J connectivity index is 1.80. The first kappa shape index (κ1) is 13.1. The largest absolute Gasteiger partial charge is 0.394 e. The van der Waals surface area contributed by atoms with Crippen LogP contribution in [0, 0.1) is 0 Å². The molecule has 0 bridgehead atoms. The van der Waals surface area contributed by atoms with Crippen LogP contribution in [0.2, 0.25) is 0 Å². The van der Waals surface area contributed by atoms with Crippen molar-refractivity contribution in [3.05, 3.63) is 11.6 Å². The molecule has 5 heteroatoms. The maximum Gasteiger partial charge on any atom is 0.136 e. The fraction of sp³-hybridized carbons (Fsp3) is 0.857. The lowest BCUT2D eigenvalue weighted by molar-refractivity contribution is 0.190. The second-order valence-electron chi connectivity index (χ2n) is 5.78. The van der Waals surface area contributed by atoms with Crippen LogP contribution in [-0.4, -0.2) is 51.0 Å². The first-order valence-corrected chi connectivity index (χ1v) is 7.60. The molecule has 1 N–H and O–H groups in total. The van der Waals surface area contributed by atoms with Crippen molar-refractivity contribution in [2.45, 2.75) is 51.0 Å². The number of aryl methyl sites for hydroxylation is 1. The number of likely N-dealkylation sites (tertiary alicyclic amines) is 1. The number of fused-ring (bicyclic) bond motifs is 1. The Morgan fingerprint density at radius 1 is 1.21 bits per heavy atom. The Bertz CT molecular complexity index is 423. The number of aliphatic hydroxyl groups is 1. The fourth-order valence-corrected chi connectivity index (χ4v) is 3.49. The van der Waals surface area contributed by atoms with Gasteiger partial charge in [-0.15, -0.1) is 10.2 Å². The molecule has 1 aromatic heterocycles. The summed E-state index contributed by atoms with van der Waals surface area (Å²) >= 11 is 0. The topological polar surface area (TPSA) is 54.2 Å². The number of rotatable bonds is 3. The smallest absolute Gasteiger partial charge is 0.136 e. The third-order valence-electron chi connectivity index (χ3n) is 4.71. The van der Waals surface area contributed by atoms with Crippen molar-refractivity contribution in [1.29, 1.82) is 0 Å². The van der Waals surface area contributed by atoms with Crippen molar-refractivity contribution in [1.82, 2.24) is 19.7 Å². The standard InChI is InChI=1S/C14H24N4O/c1-2-17-8-6-11(7-9-17)14-16-15-13-5-3-4-12(10-19)18(13)14/h11-12,19H,2-10H2,1H3. The summed E-state index contributed by atoms with van der Waals surface area (Å²) in [5.74, 6) is 2.74. The first-order chi connectivity index (χ1) is 9.33. The van der Waals surface area contributed by atoms with Gasteiger partial charge in [-0.1, -0.05) is 6.92 Å². The van der Waals surface area contributed by atoms with E-state index in [1.165, 1.54) is 12.8 Å². The molecular formula is C14H24N4O. The second-order valence-corrected chi connectivity index (χ2v) is 5.78. The summed E-state index contributed by atoms with van der Waals surface area (Å²) in [5, 5.41) is 18.4. The van der Waals surface area contributed by atoms with Gasteiger partial charge in [-0.05, 0) is 45.3 Å². The van der Waals surface area contributed by atoms with E-state index in [1.54, 1.807) is 0 Å². The quantitative estimate of drug-likeness (QED) is 0.895. The van der Waals surface area contributed by atoms with Gasteiger partial charge in [-0.2, -0.15) is 0 Å². The molecule has 0 spiro atoms. The normalized spacial score (nSPS) is 25.5. The monoisotopic (exact) mass is 264 g/mol. The van der Waals surface area contributed by atoms with Gasteiger partial charge in [0.05, 0.1) is 12.6 Å². The summed E-state index contributed by atoms with van der Waals surface area (Å²) in [4.78, 5) is 2.49. The number of hydrogen-bond donors (Lipinski definition) is 1. The van der Waals surface area contributed by atoms with Gasteiger partial charge in [0.15, 0.2) is 0 Å². The molecule has 0 amide bonds. The molecule has 0 aromatic carbocycles. The Kier molecular flexibility index (Phi) is 3.84. The zero-order valence-corrected chi connectivity index (χ0v) is 11.8. The van der Waals surface area contributed by atoms with Crippen LogP contribution >= 0.6 is 0 Å². The lowest BCUT2D eigenvalue weighted by Gasteiger charge is -2.32. The highest BCUT2D eigenvalue weighted by atomic mass is 16.3. The first-order valence-electron chi connectivity index (χ1n) is 7.60. The highest BCUT2D eigenvalue weighted by Gasteiger charge is 2.30. The minimum absolute atomic E-state index is 0.206. The van der Waals surface area contributed by atoms with Gasteiger partial charge in [0.25, 0.3) is 0 Å². The molecule has 0 radical (unpaired) electrons. The van der Waals surface area contributed by atoms with Gasteiger partial charge >= 0.3 is 0 Å². The third kappa shape index (κ3) is 2.41. The number of hydrogen-bond acceptors (Lipinski definition) is 4. The zero-order valence-electron chi connectivity index (χ0n) is 11.8. The molecule has 1 saturated heterocycles. The molecule has 0 aliphatic carbocycles. The Labute approximate surface area is 114 Å². The van der Waals surface area contributed by atoms with Gasteiger partial charge in [0, 0.05) is 12.3 Å². The van der Waals surface area contributed by atoms with E-state index in [4.69, 9.17) is 0 Å². The van der Waals surface area contributed by atoms with Crippen LogP contribution < -0.4 is 0 Å². The number of nitrogens with zero attached hydrogens (tertiary/aromatic N) is 4. The molecule has 1 unspecified atom stereocenters. The van der Waals surface area contributed by atoms with E-state index in [0.29, 0.717) is 5.92 Å². The van der Waals surface area contributed by atoms with Crippen LogP contribution in [0.25, 0.3) is 0 Å². The third-order valence-corrected chi connectivity index (χ3v) is 4.71. The highest BCUT2D eigenvalue weighted by molar-refractivity contribution is 5.08. The predicted molar refractivity (Wildman–Crippen MR) is 73.2 cm³/mol. The second kappa shape index (κ2) is 5.59. The maximum absolute atomic E-state index is 9.57. The Morgan fingerprint density at radius 3 is 2.68 bits per heavy atom. The van der Waals surface area contributed by atoms with Gasteiger partial charge in [0.1, 0.15) is 11.6 Å². The van der Waals surface area contributed by atoms with Gasteiger partial charge in [0.2, 0.25) is 0 Å². The lowest BCUT2D eigenvalue weighted by atomic mass is 9.94. The number of aliphatic hydroxyl groups excluding tert-OH is 1. The summed E-state index contributed by atoms with van der Waals surface area (Å²) in [7, 11) is 0. The summed E-state index contributed by atoms with van der Waals surface area (Å²) in [6.07, 6.45) is 5.53. The molecule has 1 fully saturated rings. The summed E-state index contributed by atoms with van der Waals surface area (Å²) in [6.45, 7) is 5.90. The minimum atomic E-state index is 0.206. The zero-order chi connectivity index (χ0) is 13.2. The molecule has 2 aliphatic rings. The average Bonchev–Trinajstić information content (AvgIpc) is 2.91. The van der Waals surface area contributed by atoms with Crippen LogP contribution in [0.5, 0.6) is 0 Å². The van der Waals surface area contributed by atoms with E-state index in [-0.39, 0.29) is 12.6 Å². The molecule has 3 rings (SSSR count). The maximum atomic E-state index is 9.57. The Hall–Kier alpha value is -0.940. The molecule has 1 atom stereocenters. The van der Waals surface area contributed by atoms with Crippen molar-refractivity contribution >= 4 is 0 Å². The molecule has 0 saturated carbocycles.